The molecule has 7 nitrogen and oxygen atoms in total. The molecule has 9 heteroatoms. The number of fused-ring (bicyclic) bond motifs is 1. The van der Waals surface area contributed by atoms with Crippen molar-refractivity contribution in [2.75, 3.05) is 30.3 Å². The normalized spacial score (nSPS) is 20.9. The van der Waals surface area contributed by atoms with Crippen LogP contribution in [-0.2, 0) is 4.74 Å². The molecule has 2 N–H and O–H groups in total. The minimum Gasteiger partial charge on any atom is -0.382 e. The molecule has 3 aromatic heterocycles. The van der Waals surface area contributed by atoms with Gasteiger partial charge in [-0.2, -0.15) is 0 Å². The van der Waals surface area contributed by atoms with Crippen molar-refractivity contribution >= 4 is 45.9 Å². The van der Waals surface area contributed by atoms with E-state index in [0.29, 0.717) is 22.4 Å². The number of hydrogen-bond acceptors (Lipinski definition) is 8. The van der Waals surface area contributed by atoms with Gasteiger partial charge in [-0.05, 0) is 37.7 Å². The Balaban J connectivity index is 1.44. The van der Waals surface area contributed by atoms with Gasteiger partial charge in [-0.3, -0.25) is 0 Å². The van der Waals surface area contributed by atoms with Crippen LogP contribution < -0.4 is 10.6 Å². The summed E-state index contributed by atoms with van der Waals surface area (Å²) in [6, 6.07) is 1.85. The van der Waals surface area contributed by atoms with E-state index in [1.807, 2.05) is 18.5 Å². The monoisotopic (exact) mass is 442 g/mol. The van der Waals surface area contributed by atoms with Crippen LogP contribution in [0.15, 0.2) is 40.8 Å². The summed E-state index contributed by atoms with van der Waals surface area (Å²) in [4.78, 5) is 21.8. The van der Waals surface area contributed by atoms with E-state index in [9.17, 15) is 0 Å². The van der Waals surface area contributed by atoms with Crippen LogP contribution in [0.5, 0.6) is 0 Å². The Morgan fingerprint density at radius 1 is 1.20 bits per heavy atom. The number of halogens is 1. The first-order valence-electron chi connectivity index (χ1n) is 10.1. The van der Waals surface area contributed by atoms with Gasteiger partial charge >= 0.3 is 0 Å². The molecule has 0 amide bonds. The van der Waals surface area contributed by atoms with E-state index in [1.54, 1.807) is 12.5 Å². The molecule has 0 saturated carbocycles. The predicted octanol–water partition coefficient (Wildman–Crippen LogP) is 4.20. The zero-order chi connectivity index (χ0) is 20.7. The summed E-state index contributed by atoms with van der Waals surface area (Å²) in [6.45, 7) is 4.98. The molecule has 5 rings (SSSR count). The number of nitrogen functional groups attached to an aromatic ring is 1. The summed E-state index contributed by atoms with van der Waals surface area (Å²) in [5.41, 5.74) is 7.05. The first-order valence-corrected chi connectivity index (χ1v) is 11.3. The molecule has 2 aliphatic heterocycles. The van der Waals surface area contributed by atoms with Gasteiger partial charge in [-0.25, -0.2) is 19.9 Å². The van der Waals surface area contributed by atoms with Crippen LogP contribution in [0.25, 0.3) is 10.9 Å². The summed E-state index contributed by atoms with van der Waals surface area (Å²) in [5.74, 6) is 1.26. The molecule has 3 aromatic rings. The van der Waals surface area contributed by atoms with Gasteiger partial charge in [0.1, 0.15) is 18.0 Å². The highest BCUT2D eigenvalue weighted by atomic mass is 35.5. The molecule has 156 valence electrons. The van der Waals surface area contributed by atoms with E-state index in [0.717, 1.165) is 65.5 Å². The van der Waals surface area contributed by atoms with Gasteiger partial charge in [0.05, 0.1) is 33.5 Å². The first kappa shape index (κ1) is 19.8. The Morgan fingerprint density at radius 3 is 2.80 bits per heavy atom. The lowest BCUT2D eigenvalue weighted by atomic mass is 9.77. The van der Waals surface area contributed by atoms with Crippen LogP contribution in [0, 0.1) is 5.41 Å². The van der Waals surface area contributed by atoms with E-state index in [2.05, 4.69) is 26.8 Å². The molecule has 0 bridgehead atoms. The fourth-order valence-electron chi connectivity index (χ4n) is 4.49. The predicted molar refractivity (Wildman–Crippen MR) is 119 cm³/mol. The van der Waals surface area contributed by atoms with Crippen LogP contribution in [0.4, 0.5) is 11.6 Å². The number of piperidine rings is 1. The third-order valence-corrected chi connectivity index (χ3v) is 7.70. The quantitative estimate of drug-likeness (QED) is 0.645. The highest BCUT2D eigenvalue weighted by Crippen LogP contribution is 2.44. The van der Waals surface area contributed by atoms with Gasteiger partial charge < -0.3 is 15.4 Å². The third-order valence-electron chi connectivity index (χ3n) is 6.11. The van der Waals surface area contributed by atoms with Crippen molar-refractivity contribution < 1.29 is 4.74 Å². The third kappa shape index (κ3) is 3.57. The molecule has 5 heterocycles. The molecular formula is C21H23ClN6OS. The maximum absolute atomic E-state index is 6.34. The number of rotatable bonds is 3. The number of nitrogens with two attached hydrogens (primary N) is 1. The van der Waals surface area contributed by atoms with Crippen molar-refractivity contribution in [3.05, 3.63) is 36.0 Å². The molecule has 0 radical (unpaired) electrons. The highest BCUT2D eigenvalue weighted by molar-refractivity contribution is 7.99. The van der Waals surface area contributed by atoms with Gasteiger partial charge in [0.25, 0.3) is 0 Å². The minimum atomic E-state index is 0.317. The Morgan fingerprint density at radius 2 is 2.03 bits per heavy atom. The van der Waals surface area contributed by atoms with Gasteiger partial charge in [0.15, 0.2) is 0 Å². The van der Waals surface area contributed by atoms with Gasteiger partial charge in [0.2, 0.25) is 0 Å². The Hall–Kier alpha value is -2.16. The standard InChI is InChI=1S/C21H23ClN6OS/c1-13-8-21(11-29-13)3-6-28(7-4-21)20-14-9-24-12-27-18(14)16(10-26-20)30-15-2-5-25-19(23)17(15)22/h2,5,9-10,12-13H,3-4,6-8,11H2,1H3,(H2,23,25)/t13-/m0/s1. The molecular weight excluding hydrogens is 420 g/mol. The molecule has 0 unspecified atom stereocenters. The molecule has 0 aromatic carbocycles. The Labute approximate surface area is 184 Å². The number of aromatic nitrogens is 4. The second kappa shape index (κ2) is 7.83. The second-order valence-corrected chi connectivity index (χ2v) is 9.62. The fourth-order valence-corrected chi connectivity index (χ4v) is 5.65. The van der Waals surface area contributed by atoms with Crippen LogP contribution in [0.2, 0.25) is 5.02 Å². The fraction of sp³-hybridized carbons (Fsp3) is 0.429. The van der Waals surface area contributed by atoms with Gasteiger partial charge in [-0.1, -0.05) is 23.4 Å². The van der Waals surface area contributed by atoms with Crippen LogP contribution in [0.1, 0.15) is 26.2 Å². The maximum Gasteiger partial charge on any atom is 0.143 e. The molecule has 30 heavy (non-hydrogen) atoms. The summed E-state index contributed by atoms with van der Waals surface area (Å²) >= 11 is 7.83. The molecule has 1 spiro atoms. The summed E-state index contributed by atoms with van der Waals surface area (Å²) < 4.78 is 5.87. The van der Waals surface area contributed by atoms with Gasteiger partial charge in [0, 0.05) is 36.6 Å². The van der Waals surface area contributed by atoms with Crippen molar-refractivity contribution in [2.45, 2.75) is 42.1 Å². The largest absolute Gasteiger partial charge is 0.382 e. The number of ether oxygens (including phenoxy) is 1. The van der Waals surface area contributed by atoms with Crippen LogP contribution in [-0.4, -0.2) is 45.7 Å². The SMILES string of the molecule is C[C@H]1CC2(CCN(c3ncc(Sc4ccnc(N)c4Cl)c4ncncc34)CC2)CO1. The number of nitrogens with zero attached hydrogens (tertiary/aromatic N) is 5. The minimum absolute atomic E-state index is 0.317. The van der Waals surface area contributed by atoms with E-state index in [-0.39, 0.29) is 0 Å². The van der Waals surface area contributed by atoms with Crippen LogP contribution in [0.3, 0.4) is 0 Å². The second-order valence-electron chi connectivity index (χ2n) is 8.15. The molecule has 2 saturated heterocycles. The van der Waals surface area contributed by atoms with E-state index < -0.39 is 0 Å². The first-order chi connectivity index (χ1) is 14.5. The molecule has 2 fully saturated rings. The van der Waals surface area contributed by atoms with E-state index in [4.69, 9.17) is 27.1 Å². The Kier molecular flexibility index (Phi) is 5.16. The van der Waals surface area contributed by atoms with Crippen molar-refractivity contribution in [3.63, 3.8) is 0 Å². The van der Waals surface area contributed by atoms with E-state index >= 15 is 0 Å². The zero-order valence-electron chi connectivity index (χ0n) is 16.7. The number of pyridine rings is 2. The molecule has 1 atom stereocenters. The Bertz CT molecular complexity index is 1090. The lowest BCUT2D eigenvalue weighted by molar-refractivity contribution is 0.0976. The number of hydrogen-bond donors (Lipinski definition) is 1. The summed E-state index contributed by atoms with van der Waals surface area (Å²) in [6.07, 6.45) is 10.7. The lowest BCUT2D eigenvalue weighted by Gasteiger charge is -2.39. The van der Waals surface area contributed by atoms with Crippen molar-refractivity contribution in [1.29, 1.82) is 0 Å². The zero-order valence-corrected chi connectivity index (χ0v) is 18.3. The van der Waals surface area contributed by atoms with Gasteiger partial charge in [-0.15, -0.1) is 0 Å². The maximum atomic E-state index is 6.34. The summed E-state index contributed by atoms with van der Waals surface area (Å²) in [5, 5.41) is 1.40. The van der Waals surface area contributed by atoms with Crippen molar-refractivity contribution in [2.24, 2.45) is 5.41 Å². The molecule has 2 aliphatic rings. The summed E-state index contributed by atoms with van der Waals surface area (Å²) in [7, 11) is 0. The average Bonchev–Trinajstić information content (AvgIpc) is 3.12. The number of anilines is 2. The van der Waals surface area contributed by atoms with Crippen molar-refractivity contribution in [1.82, 2.24) is 19.9 Å². The molecule has 0 aliphatic carbocycles. The topological polar surface area (TPSA) is 90.1 Å². The average molecular weight is 443 g/mol. The lowest BCUT2D eigenvalue weighted by Crippen LogP contribution is -2.41. The smallest absolute Gasteiger partial charge is 0.143 e. The van der Waals surface area contributed by atoms with E-state index in [1.165, 1.54) is 11.8 Å². The van der Waals surface area contributed by atoms with Crippen LogP contribution >= 0.6 is 23.4 Å². The van der Waals surface area contributed by atoms with Crippen molar-refractivity contribution in [3.8, 4) is 0 Å². The highest BCUT2D eigenvalue weighted by Gasteiger charge is 2.41.